The molecule has 1 saturated carbocycles. The third kappa shape index (κ3) is 7.56. The van der Waals surface area contributed by atoms with E-state index in [4.69, 9.17) is 16.7 Å². The van der Waals surface area contributed by atoms with Crippen molar-refractivity contribution in [3.8, 4) is 0 Å². The summed E-state index contributed by atoms with van der Waals surface area (Å²) in [5.74, 6) is 0.665. The van der Waals surface area contributed by atoms with E-state index >= 15 is 0 Å². The molecule has 154 valence electrons. The van der Waals surface area contributed by atoms with Crippen molar-refractivity contribution in [2.24, 2.45) is 11.8 Å². The summed E-state index contributed by atoms with van der Waals surface area (Å²) >= 11 is 9.54. The molecule has 2 unspecified atom stereocenters. The molecule has 2 rings (SSSR count). The SMILES string of the molecule is CCCCCCCCC1C(CCCSc2nc(C(=O)O)cs2)[C@H](Cl)C[C@H]1O. The minimum atomic E-state index is -0.972. The van der Waals surface area contributed by atoms with Gasteiger partial charge in [0.25, 0.3) is 0 Å². The first-order valence-corrected chi connectivity index (χ1v) is 12.5. The second kappa shape index (κ2) is 12.3. The van der Waals surface area contributed by atoms with Crippen LogP contribution in [-0.4, -0.2) is 38.4 Å². The topological polar surface area (TPSA) is 70.4 Å². The number of aliphatic hydroxyl groups excluding tert-OH is 1. The smallest absolute Gasteiger partial charge is 0.355 e. The lowest BCUT2D eigenvalue weighted by atomic mass is 9.86. The summed E-state index contributed by atoms with van der Waals surface area (Å²) in [5, 5.41) is 21.0. The predicted molar refractivity (Wildman–Crippen MR) is 114 cm³/mol. The lowest BCUT2D eigenvalue weighted by molar-refractivity contribution is 0.0690. The van der Waals surface area contributed by atoms with Crippen LogP contribution >= 0.6 is 34.7 Å². The van der Waals surface area contributed by atoms with Gasteiger partial charge in [-0.2, -0.15) is 0 Å². The fourth-order valence-electron chi connectivity index (χ4n) is 4.00. The van der Waals surface area contributed by atoms with Gasteiger partial charge in [0.15, 0.2) is 10.0 Å². The van der Waals surface area contributed by atoms with Gasteiger partial charge in [0.1, 0.15) is 0 Å². The Labute approximate surface area is 176 Å². The second-order valence-corrected chi connectivity index (χ2v) is 10.3. The number of thiazole rings is 1. The van der Waals surface area contributed by atoms with Gasteiger partial charge in [-0.1, -0.05) is 57.2 Å². The first-order valence-electron chi connectivity index (χ1n) is 10.2. The van der Waals surface area contributed by atoms with E-state index in [1.165, 1.54) is 49.9 Å². The molecule has 1 heterocycles. The molecule has 4 atom stereocenters. The highest BCUT2D eigenvalue weighted by Gasteiger charge is 2.40. The number of hydrogen-bond acceptors (Lipinski definition) is 5. The number of aromatic nitrogens is 1. The molecule has 1 fully saturated rings. The van der Waals surface area contributed by atoms with Crippen molar-refractivity contribution in [3.63, 3.8) is 0 Å². The number of hydrogen-bond donors (Lipinski definition) is 2. The summed E-state index contributed by atoms with van der Waals surface area (Å²) in [6.07, 6.45) is 11.3. The van der Waals surface area contributed by atoms with Gasteiger partial charge in [-0.3, -0.25) is 0 Å². The molecule has 0 aromatic carbocycles. The summed E-state index contributed by atoms with van der Waals surface area (Å²) in [5.41, 5.74) is 0.126. The Morgan fingerprint density at radius 3 is 2.63 bits per heavy atom. The molecule has 4 nitrogen and oxygen atoms in total. The summed E-state index contributed by atoms with van der Waals surface area (Å²) in [6.45, 7) is 2.23. The monoisotopic (exact) mass is 433 g/mol. The molecule has 1 aromatic rings. The van der Waals surface area contributed by atoms with Crippen LogP contribution in [0, 0.1) is 11.8 Å². The number of carboxylic acids is 1. The highest BCUT2D eigenvalue weighted by molar-refractivity contribution is 8.01. The normalized spacial score (nSPS) is 25.1. The molecular weight excluding hydrogens is 402 g/mol. The van der Waals surface area contributed by atoms with Gasteiger partial charge in [0, 0.05) is 16.5 Å². The molecule has 1 aliphatic rings. The summed E-state index contributed by atoms with van der Waals surface area (Å²) in [4.78, 5) is 15.0. The molecule has 2 N–H and O–H groups in total. The Morgan fingerprint density at radius 2 is 1.93 bits per heavy atom. The highest BCUT2D eigenvalue weighted by Crippen LogP contribution is 2.42. The van der Waals surface area contributed by atoms with Gasteiger partial charge in [0.05, 0.1) is 6.10 Å². The van der Waals surface area contributed by atoms with E-state index in [9.17, 15) is 9.90 Å². The van der Waals surface area contributed by atoms with E-state index in [0.717, 1.165) is 29.4 Å². The third-order valence-electron chi connectivity index (χ3n) is 5.48. The van der Waals surface area contributed by atoms with Gasteiger partial charge in [-0.25, -0.2) is 9.78 Å². The summed E-state index contributed by atoms with van der Waals surface area (Å²) in [7, 11) is 0. The Hall–Kier alpha value is -0.300. The van der Waals surface area contributed by atoms with Crippen LogP contribution in [0.25, 0.3) is 0 Å². The van der Waals surface area contributed by atoms with Crippen LogP contribution in [0.2, 0.25) is 0 Å². The van der Waals surface area contributed by atoms with Crippen molar-refractivity contribution in [1.29, 1.82) is 0 Å². The predicted octanol–water partition coefficient (Wildman–Crippen LogP) is 6.07. The van der Waals surface area contributed by atoms with Crippen LogP contribution in [0.5, 0.6) is 0 Å². The lowest BCUT2D eigenvalue weighted by Gasteiger charge is -2.23. The molecule has 0 bridgehead atoms. The maximum Gasteiger partial charge on any atom is 0.355 e. The average Bonchev–Trinajstić information content (AvgIpc) is 3.20. The van der Waals surface area contributed by atoms with E-state index < -0.39 is 5.97 Å². The largest absolute Gasteiger partial charge is 0.476 e. The van der Waals surface area contributed by atoms with Gasteiger partial charge in [-0.05, 0) is 37.5 Å². The molecule has 1 aromatic heterocycles. The van der Waals surface area contributed by atoms with Gasteiger partial charge < -0.3 is 10.2 Å². The number of rotatable bonds is 13. The Bertz CT molecular complexity index is 569. The maximum absolute atomic E-state index is 10.9. The van der Waals surface area contributed by atoms with Crippen molar-refractivity contribution < 1.29 is 15.0 Å². The molecule has 0 amide bonds. The minimum absolute atomic E-state index is 0.0774. The van der Waals surface area contributed by atoms with Gasteiger partial charge in [0.2, 0.25) is 0 Å². The van der Waals surface area contributed by atoms with Crippen LogP contribution < -0.4 is 0 Å². The summed E-state index contributed by atoms with van der Waals surface area (Å²) < 4.78 is 0.810. The van der Waals surface area contributed by atoms with Crippen LogP contribution in [0.15, 0.2) is 9.72 Å². The minimum Gasteiger partial charge on any atom is -0.476 e. The zero-order valence-electron chi connectivity index (χ0n) is 16.1. The number of aromatic carboxylic acids is 1. The number of alkyl halides is 1. The van der Waals surface area contributed by atoms with Crippen LogP contribution in [0.1, 0.15) is 81.6 Å². The van der Waals surface area contributed by atoms with Gasteiger partial charge >= 0.3 is 5.97 Å². The molecule has 27 heavy (non-hydrogen) atoms. The van der Waals surface area contributed by atoms with Crippen LogP contribution in [0.3, 0.4) is 0 Å². The van der Waals surface area contributed by atoms with E-state index in [0.29, 0.717) is 18.3 Å². The van der Waals surface area contributed by atoms with Crippen molar-refractivity contribution in [3.05, 3.63) is 11.1 Å². The van der Waals surface area contributed by atoms with Crippen LogP contribution in [0.4, 0.5) is 0 Å². The third-order valence-corrected chi connectivity index (χ3v) is 8.09. The Kier molecular flexibility index (Phi) is 10.5. The fraction of sp³-hybridized carbons (Fsp3) is 0.800. The van der Waals surface area contributed by atoms with Crippen molar-refractivity contribution in [2.45, 2.75) is 87.0 Å². The van der Waals surface area contributed by atoms with Crippen molar-refractivity contribution in [1.82, 2.24) is 4.98 Å². The molecular formula is C20H32ClNO3S2. The molecule has 1 aliphatic carbocycles. The number of carbonyl (C=O) groups is 1. The van der Waals surface area contributed by atoms with E-state index in [-0.39, 0.29) is 17.2 Å². The maximum atomic E-state index is 10.9. The number of carboxylic acid groups (broad SMARTS) is 1. The molecule has 0 radical (unpaired) electrons. The molecule has 0 aliphatic heterocycles. The number of halogens is 1. The van der Waals surface area contributed by atoms with Crippen LogP contribution in [-0.2, 0) is 0 Å². The number of thioether (sulfide) groups is 1. The summed E-state index contributed by atoms with van der Waals surface area (Å²) in [6, 6.07) is 0. The number of nitrogens with zero attached hydrogens (tertiary/aromatic N) is 1. The zero-order chi connectivity index (χ0) is 19.6. The first kappa shape index (κ1) is 23.0. The molecule has 0 saturated heterocycles. The van der Waals surface area contributed by atoms with Crippen molar-refractivity contribution in [2.75, 3.05) is 5.75 Å². The average molecular weight is 434 g/mol. The highest BCUT2D eigenvalue weighted by atomic mass is 35.5. The fourth-order valence-corrected chi connectivity index (χ4v) is 6.32. The molecule has 0 spiro atoms. The Morgan fingerprint density at radius 1 is 1.22 bits per heavy atom. The van der Waals surface area contributed by atoms with E-state index in [1.54, 1.807) is 17.1 Å². The Balaban J connectivity index is 1.69. The second-order valence-electron chi connectivity index (χ2n) is 7.50. The lowest BCUT2D eigenvalue weighted by Crippen LogP contribution is -2.21. The molecule has 7 heteroatoms. The first-order chi connectivity index (χ1) is 13.0. The van der Waals surface area contributed by atoms with E-state index in [2.05, 4.69) is 11.9 Å². The van der Waals surface area contributed by atoms with Crippen molar-refractivity contribution >= 4 is 40.7 Å². The number of aliphatic hydroxyl groups is 1. The zero-order valence-corrected chi connectivity index (χ0v) is 18.5. The van der Waals surface area contributed by atoms with E-state index in [1.807, 2.05) is 0 Å². The number of unbranched alkanes of at least 4 members (excludes halogenated alkanes) is 5. The quantitative estimate of drug-likeness (QED) is 0.224. The standard InChI is InChI=1S/C20H32ClNO3S2/c1-2-3-4-5-6-7-9-15-14(16(21)12-18(15)23)10-8-11-26-20-22-17(13-27-20)19(24)25/h13-16,18,23H,2-12H2,1H3,(H,24,25)/t14?,15?,16-,18-/m1/s1. The van der Waals surface area contributed by atoms with Gasteiger partial charge in [-0.15, -0.1) is 22.9 Å².